The molecule has 2 aromatic heterocycles. The van der Waals surface area contributed by atoms with Crippen LogP contribution in [0.4, 0.5) is 8.78 Å². The second-order valence-corrected chi connectivity index (χ2v) is 2.91. The third-order valence-corrected chi connectivity index (χ3v) is 1.85. The number of aryl methyl sites for hydroxylation is 1. The molecule has 2 heterocycles. The zero-order chi connectivity index (χ0) is 11.4. The Morgan fingerprint density at radius 2 is 1.87 bits per heavy atom. The lowest BCUT2D eigenvalue weighted by Crippen LogP contribution is -1.89. The maximum absolute atomic E-state index is 12.3. The van der Waals surface area contributed by atoms with Gasteiger partial charge in [0.2, 0.25) is 0 Å². The summed E-state index contributed by atoms with van der Waals surface area (Å²) >= 11 is 0. The van der Waals surface area contributed by atoms with E-state index in [9.17, 15) is 8.78 Å². The molecule has 82 valence electrons. The van der Waals surface area contributed by atoms with Crippen LogP contribution in [-0.4, -0.2) is 9.38 Å². The monoisotopic (exact) mass is 212 g/mol. The van der Waals surface area contributed by atoms with Gasteiger partial charge in [-0.3, -0.25) is 0 Å². The minimum Gasteiger partial charge on any atom is -0.306 e. The summed E-state index contributed by atoms with van der Waals surface area (Å²) in [4.78, 5) is 4.13. The number of imidazole rings is 1. The van der Waals surface area contributed by atoms with Crippen molar-refractivity contribution in [3.63, 3.8) is 0 Å². The number of rotatable bonds is 1. The quantitative estimate of drug-likeness (QED) is 0.705. The van der Waals surface area contributed by atoms with Crippen LogP contribution in [0, 0.1) is 6.92 Å². The lowest BCUT2D eigenvalue weighted by Gasteiger charge is -1.99. The Morgan fingerprint density at radius 3 is 2.47 bits per heavy atom. The van der Waals surface area contributed by atoms with Gasteiger partial charge in [0, 0.05) is 18.0 Å². The van der Waals surface area contributed by atoms with Gasteiger partial charge < -0.3 is 4.40 Å². The molecule has 0 unspecified atom stereocenters. The van der Waals surface area contributed by atoms with E-state index < -0.39 is 6.43 Å². The molecule has 0 fully saturated rings. The second-order valence-electron chi connectivity index (χ2n) is 2.91. The molecule has 0 atom stereocenters. The van der Waals surface area contributed by atoms with Crippen LogP contribution in [0.3, 0.4) is 0 Å². The number of alkyl halides is 2. The summed E-state index contributed by atoms with van der Waals surface area (Å²) < 4.78 is 26.1. The van der Waals surface area contributed by atoms with Gasteiger partial charge in [0.05, 0.1) is 5.69 Å². The average Bonchev–Trinajstić information content (AvgIpc) is 2.59. The summed E-state index contributed by atoms with van der Waals surface area (Å²) in [7, 11) is 0. The maximum Gasteiger partial charge on any atom is 0.265 e. The van der Waals surface area contributed by atoms with Gasteiger partial charge in [0.15, 0.2) is 0 Å². The Balaban J connectivity index is 0.000000531. The van der Waals surface area contributed by atoms with Crippen molar-refractivity contribution in [2.24, 2.45) is 0 Å². The van der Waals surface area contributed by atoms with Crippen LogP contribution in [0.2, 0.25) is 0 Å². The molecular formula is C11H14F2N2. The van der Waals surface area contributed by atoms with Gasteiger partial charge in [-0.05, 0) is 19.1 Å². The molecule has 0 saturated heterocycles. The van der Waals surface area contributed by atoms with Gasteiger partial charge in [-0.15, -0.1) is 0 Å². The van der Waals surface area contributed by atoms with E-state index in [1.54, 1.807) is 16.7 Å². The number of hydrogen-bond donors (Lipinski definition) is 0. The smallest absolute Gasteiger partial charge is 0.265 e. The third-order valence-electron chi connectivity index (χ3n) is 1.85. The SMILES string of the molecule is CC.Cc1cn2cc(C(F)F)ccc2n1. The Labute approximate surface area is 87.6 Å². The number of pyridine rings is 1. The Hall–Kier alpha value is -1.45. The van der Waals surface area contributed by atoms with Crippen LogP contribution in [0.1, 0.15) is 31.5 Å². The van der Waals surface area contributed by atoms with Crippen molar-refractivity contribution in [1.29, 1.82) is 0 Å². The Bertz CT molecular complexity index is 435. The van der Waals surface area contributed by atoms with Crippen molar-refractivity contribution in [2.45, 2.75) is 27.2 Å². The van der Waals surface area contributed by atoms with Crippen LogP contribution >= 0.6 is 0 Å². The highest BCUT2D eigenvalue weighted by atomic mass is 19.3. The lowest BCUT2D eigenvalue weighted by molar-refractivity contribution is 0.151. The van der Waals surface area contributed by atoms with Crippen molar-refractivity contribution in [3.05, 3.63) is 35.8 Å². The Morgan fingerprint density at radius 1 is 1.20 bits per heavy atom. The van der Waals surface area contributed by atoms with E-state index in [1.165, 1.54) is 12.3 Å². The van der Waals surface area contributed by atoms with Crippen LogP contribution in [0.5, 0.6) is 0 Å². The lowest BCUT2D eigenvalue weighted by atomic mass is 10.3. The molecule has 0 amide bonds. The highest BCUT2D eigenvalue weighted by Gasteiger charge is 2.07. The molecule has 0 aromatic carbocycles. The molecule has 0 radical (unpaired) electrons. The molecule has 2 rings (SSSR count). The van der Waals surface area contributed by atoms with Gasteiger partial charge in [0.25, 0.3) is 6.43 Å². The van der Waals surface area contributed by atoms with Crippen molar-refractivity contribution >= 4 is 5.65 Å². The van der Waals surface area contributed by atoms with E-state index in [0.29, 0.717) is 5.65 Å². The first-order chi connectivity index (χ1) is 7.16. The van der Waals surface area contributed by atoms with Gasteiger partial charge in [-0.2, -0.15) is 0 Å². The molecule has 15 heavy (non-hydrogen) atoms. The van der Waals surface area contributed by atoms with Crippen molar-refractivity contribution in [3.8, 4) is 0 Å². The summed E-state index contributed by atoms with van der Waals surface area (Å²) in [6, 6.07) is 2.99. The summed E-state index contributed by atoms with van der Waals surface area (Å²) in [5.74, 6) is 0. The van der Waals surface area contributed by atoms with E-state index in [0.717, 1.165) is 5.69 Å². The molecular weight excluding hydrogens is 198 g/mol. The normalized spacial score (nSPS) is 10.3. The first-order valence-corrected chi connectivity index (χ1v) is 4.90. The fraction of sp³-hybridized carbons (Fsp3) is 0.364. The van der Waals surface area contributed by atoms with Crippen LogP contribution in [0.15, 0.2) is 24.5 Å². The fourth-order valence-electron chi connectivity index (χ4n) is 1.26. The third kappa shape index (κ3) is 2.52. The summed E-state index contributed by atoms with van der Waals surface area (Å²) in [5.41, 5.74) is 1.54. The molecule has 0 aliphatic heterocycles. The van der Waals surface area contributed by atoms with E-state index in [1.807, 2.05) is 20.8 Å². The summed E-state index contributed by atoms with van der Waals surface area (Å²) in [5, 5.41) is 0. The molecule has 2 nitrogen and oxygen atoms in total. The van der Waals surface area contributed by atoms with E-state index in [4.69, 9.17) is 0 Å². The average molecular weight is 212 g/mol. The topological polar surface area (TPSA) is 17.3 Å². The van der Waals surface area contributed by atoms with Crippen molar-refractivity contribution in [1.82, 2.24) is 9.38 Å². The van der Waals surface area contributed by atoms with Crippen LogP contribution < -0.4 is 0 Å². The second kappa shape index (κ2) is 4.87. The van der Waals surface area contributed by atoms with Gasteiger partial charge >= 0.3 is 0 Å². The number of halogens is 2. The molecule has 0 saturated carbocycles. The largest absolute Gasteiger partial charge is 0.306 e. The molecule has 0 bridgehead atoms. The molecule has 0 N–H and O–H groups in total. The van der Waals surface area contributed by atoms with Crippen molar-refractivity contribution in [2.75, 3.05) is 0 Å². The highest BCUT2D eigenvalue weighted by molar-refractivity contribution is 5.41. The van der Waals surface area contributed by atoms with Crippen molar-refractivity contribution < 1.29 is 8.78 Å². The number of hydrogen-bond acceptors (Lipinski definition) is 1. The predicted molar refractivity (Wildman–Crippen MR) is 56.2 cm³/mol. The van der Waals surface area contributed by atoms with Gasteiger partial charge in [-0.25, -0.2) is 13.8 Å². The zero-order valence-electron chi connectivity index (χ0n) is 9.04. The fourth-order valence-corrected chi connectivity index (χ4v) is 1.26. The standard InChI is InChI=1S/C9H8F2N2.C2H6/c1-6-4-13-5-7(9(10)11)2-3-8(13)12-6;1-2/h2-5,9H,1H3;1-2H3. The summed E-state index contributed by atoms with van der Waals surface area (Å²) in [6.45, 7) is 5.83. The predicted octanol–water partition coefficient (Wildman–Crippen LogP) is 3.61. The zero-order valence-corrected chi connectivity index (χ0v) is 9.04. The molecule has 0 aliphatic rings. The molecule has 4 heteroatoms. The molecule has 0 spiro atoms. The minimum absolute atomic E-state index is 0.0184. The van der Waals surface area contributed by atoms with E-state index in [2.05, 4.69) is 4.98 Å². The van der Waals surface area contributed by atoms with Gasteiger partial charge in [-0.1, -0.05) is 13.8 Å². The first-order valence-electron chi connectivity index (χ1n) is 4.90. The number of nitrogens with zero attached hydrogens (tertiary/aromatic N) is 2. The maximum atomic E-state index is 12.3. The summed E-state index contributed by atoms with van der Waals surface area (Å²) in [6.07, 6.45) is 0.702. The Kier molecular flexibility index (Phi) is 3.77. The first kappa shape index (κ1) is 11.6. The van der Waals surface area contributed by atoms with Gasteiger partial charge in [0.1, 0.15) is 5.65 Å². The minimum atomic E-state index is -2.42. The van der Waals surface area contributed by atoms with E-state index in [-0.39, 0.29) is 5.56 Å². The number of aromatic nitrogens is 2. The highest BCUT2D eigenvalue weighted by Crippen LogP contribution is 2.18. The molecule has 2 aromatic rings. The van der Waals surface area contributed by atoms with Crippen LogP contribution in [0.25, 0.3) is 5.65 Å². The van der Waals surface area contributed by atoms with E-state index >= 15 is 0 Å². The number of fused-ring (bicyclic) bond motifs is 1. The van der Waals surface area contributed by atoms with Crippen LogP contribution in [-0.2, 0) is 0 Å². The molecule has 0 aliphatic carbocycles.